The van der Waals surface area contributed by atoms with Crippen molar-refractivity contribution in [2.24, 2.45) is 11.5 Å². The Kier molecular flexibility index (Phi) is 18.4. The topological polar surface area (TPSA) is 267 Å². The molecule has 16 nitrogen and oxygen atoms in total. The van der Waals surface area contributed by atoms with Crippen LogP contribution in [0.2, 0.25) is 0 Å². The molecule has 0 saturated carbocycles. The standard InChI is InChI=1S/C38H55N7O9S/c1-23(46)32(38(53)54)44-35(50)30(22-25-13-15-26(47)16-14-25)43-36(51)31-12-8-19-45(31)37(52)29(11-6-7-18-39)42-34(49)28(17-20-55-2)41-33(48)27(40)21-24-9-4-3-5-10-24/h3-5,9-10,13-16,23,27-32,46-47H,6-8,11-12,17-22,39-40H2,1-2H3,(H,41,48)(H,42,49)(H,43,51)(H,44,50)(H,53,54)/t23-,27+,28+,29+,30+,31+,32+/m1/s1. The van der Waals surface area contributed by atoms with Crippen LogP contribution in [0.1, 0.15) is 56.6 Å². The first-order chi connectivity index (χ1) is 26.2. The lowest BCUT2D eigenvalue weighted by molar-refractivity contribution is -0.145. The van der Waals surface area contributed by atoms with Crippen LogP contribution in [0, 0.1) is 0 Å². The third-order valence-electron chi connectivity index (χ3n) is 9.33. The number of phenols is 1. The average Bonchev–Trinajstić information content (AvgIpc) is 3.65. The van der Waals surface area contributed by atoms with Gasteiger partial charge in [-0.3, -0.25) is 24.0 Å². The van der Waals surface area contributed by atoms with E-state index in [0.29, 0.717) is 37.1 Å². The number of carboxylic acid groups (broad SMARTS) is 1. The summed E-state index contributed by atoms with van der Waals surface area (Å²) in [5.41, 5.74) is 13.3. The minimum atomic E-state index is -1.65. The number of hydrogen-bond acceptors (Lipinski definition) is 11. The molecule has 0 unspecified atom stereocenters. The van der Waals surface area contributed by atoms with Gasteiger partial charge < -0.3 is 53.0 Å². The molecule has 1 aliphatic heterocycles. The predicted octanol–water partition coefficient (Wildman–Crippen LogP) is -0.218. The third kappa shape index (κ3) is 14.1. The van der Waals surface area contributed by atoms with E-state index in [-0.39, 0.29) is 44.4 Å². The highest BCUT2D eigenvalue weighted by molar-refractivity contribution is 7.98. The predicted molar refractivity (Wildman–Crippen MR) is 208 cm³/mol. The number of likely N-dealkylation sites (tertiary alicyclic amines) is 1. The van der Waals surface area contributed by atoms with Crippen LogP contribution < -0.4 is 32.7 Å². The molecule has 302 valence electrons. The summed E-state index contributed by atoms with van der Waals surface area (Å²) in [6.45, 7) is 1.76. The van der Waals surface area contributed by atoms with Crippen LogP contribution in [0.3, 0.4) is 0 Å². The molecule has 17 heteroatoms. The minimum Gasteiger partial charge on any atom is -0.508 e. The number of nitrogens with one attached hydrogen (secondary N) is 4. The number of carbonyl (C=O) groups is 6. The number of thioether (sulfide) groups is 1. The van der Waals surface area contributed by atoms with E-state index in [0.717, 1.165) is 5.56 Å². The molecule has 5 amide bonds. The van der Waals surface area contributed by atoms with Gasteiger partial charge in [0.15, 0.2) is 6.04 Å². The maximum absolute atomic E-state index is 14.2. The van der Waals surface area contributed by atoms with E-state index in [1.165, 1.54) is 47.9 Å². The Balaban J connectivity index is 1.79. The highest BCUT2D eigenvalue weighted by Crippen LogP contribution is 2.21. The maximum Gasteiger partial charge on any atom is 0.328 e. The van der Waals surface area contributed by atoms with Crippen molar-refractivity contribution in [1.82, 2.24) is 26.2 Å². The van der Waals surface area contributed by atoms with Crippen molar-refractivity contribution in [3.63, 3.8) is 0 Å². The van der Waals surface area contributed by atoms with Crippen LogP contribution in [-0.4, -0.2) is 123 Å². The molecule has 0 aromatic heterocycles. The number of aromatic hydroxyl groups is 1. The Morgan fingerprint density at radius 3 is 2.09 bits per heavy atom. The molecule has 0 bridgehead atoms. The van der Waals surface area contributed by atoms with E-state index < -0.39 is 77.9 Å². The molecular formula is C38H55N7O9S. The molecule has 1 heterocycles. The number of unbranched alkanes of at least 4 members (excludes halogenated alkanes) is 1. The molecule has 1 fully saturated rings. The Labute approximate surface area is 325 Å². The fraction of sp³-hybridized carbons (Fsp3) is 0.526. The van der Waals surface area contributed by atoms with Crippen molar-refractivity contribution >= 4 is 47.3 Å². The molecule has 0 radical (unpaired) electrons. The number of amides is 5. The summed E-state index contributed by atoms with van der Waals surface area (Å²) in [5, 5.41) is 39.7. The summed E-state index contributed by atoms with van der Waals surface area (Å²) in [7, 11) is 0. The van der Waals surface area contributed by atoms with Crippen molar-refractivity contribution in [2.75, 3.05) is 25.1 Å². The number of hydrogen-bond donors (Lipinski definition) is 9. The second kappa shape index (κ2) is 22.6. The number of aliphatic hydroxyl groups is 1. The van der Waals surface area contributed by atoms with Gasteiger partial charge in [-0.25, -0.2) is 4.79 Å². The first-order valence-corrected chi connectivity index (χ1v) is 19.8. The molecular weight excluding hydrogens is 731 g/mol. The number of aliphatic carboxylic acids is 1. The van der Waals surface area contributed by atoms with Gasteiger partial charge in [0.05, 0.1) is 12.1 Å². The molecule has 55 heavy (non-hydrogen) atoms. The van der Waals surface area contributed by atoms with Crippen molar-refractivity contribution < 1.29 is 44.1 Å². The van der Waals surface area contributed by atoms with Crippen LogP contribution in [-0.2, 0) is 41.6 Å². The van der Waals surface area contributed by atoms with Gasteiger partial charge in [0, 0.05) is 13.0 Å². The van der Waals surface area contributed by atoms with E-state index >= 15 is 0 Å². The monoisotopic (exact) mass is 785 g/mol. The SMILES string of the molecule is CSCC[C@H](NC(=O)[C@@H](N)Cc1ccccc1)C(=O)N[C@@H](CCCCN)C(=O)N1CCC[C@H]1C(=O)N[C@@H](Cc1ccc(O)cc1)C(=O)N[C@H](C(=O)O)[C@@H](C)O. The van der Waals surface area contributed by atoms with Crippen LogP contribution in [0.15, 0.2) is 54.6 Å². The molecule has 3 rings (SSSR count). The van der Waals surface area contributed by atoms with Gasteiger partial charge in [-0.1, -0.05) is 42.5 Å². The first kappa shape index (κ1) is 44.7. The van der Waals surface area contributed by atoms with Crippen LogP contribution in [0.25, 0.3) is 0 Å². The first-order valence-electron chi connectivity index (χ1n) is 18.4. The van der Waals surface area contributed by atoms with Gasteiger partial charge >= 0.3 is 5.97 Å². The zero-order valence-corrected chi connectivity index (χ0v) is 32.1. The number of carboxylic acids is 1. The molecule has 1 saturated heterocycles. The summed E-state index contributed by atoms with van der Waals surface area (Å²) in [4.78, 5) is 81.4. The normalized spacial score (nSPS) is 17.2. The lowest BCUT2D eigenvalue weighted by Gasteiger charge is -2.31. The summed E-state index contributed by atoms with van der Waals surface area (Å²) < 4.78 is 0. The van der Waals surface area contributed by atoms with Crippen LogP contribution >= 0.6 is 11.8 Å². The van der Waals surface area contributed by atoms with Crippen LogP contribution in [0.5, 0.6) is 5.75 Å². The van der Waals surface area contributed by atoms with Crippen molar-refractivity contribution in [2.45, 2.75) is 101 Å². The quantitative estimate of drug-likeness (QED) is 0.0702. The van der Waals surface area contributed by atoms with Gasteiger partial charge in [0.25, 0.3) is 0 Å². The number of carbonyl (C=O) groups excluding carboxylic acids is 5. The highest BCUT2D eigenvalue weighted by atomic mass is 32.2. The number of nitrogens with two attached hydrogens (primary N) is 2. The molecule has 1 aliphatic rings. The fourth-order valence-corrected chi connectivity index (χ4v) is 6.73. The van der Waals surface area contributed by atoms with E-state index in [4.69, 9.17) is 11.5 Å². The number of rotatable bonds is 22. The van der Waals surface area contributed by atoms with Gasteiger partial charge in [0.2, 0.25) is 29.5 Å². The molecule has 11 N–H and O–H groups in total. The van der Waals surface area contributed by atoms with E-state index in [1.54, 1.807) is 0 Å². The van der Waals surface area contributed by atoms with E-state index in [2.05, 4.69) is 21.3 Å². The zero-order chi connectivity index (χ0) is 40.5. The van der Waals surface area contributed by atoms with Crippen molar-refractivity contribution in [3.05, 3.63) is 65.7 Å². The van der Waals surface area contributed by atoms with Crippen molar-refractivity contribution in [3.8, 4) is 5.75 Å². The fourth-order valence-electron chi connectivity index (χ4n) is 6.26. The summed E-state index contributed by atoms with van der Waals surface area (Å²) in [6.07, 6.45) is 2.85. The van der Waals surface area contributed by atoms with Crippen molar-refractivity contribution in [1.29, 1.82) is 0 Å². The average molecular weight is 786 g/mol. The minimum absolute atomic E-state index is 0.0216. The molecule has 2 aromatic rings. The Morgan fingerprint density at radius 1 is 0.836 bits per heavy atom. The third-order valence-corrected chi connectivity index (χ3v) is 9.98. The lowest BCUT2D eigenvalue weighted by Crippen LogP contribution is -2.59. The lowest BCUT2D eigenvalue weighted by atomic mass is 10.0. The summed E-state index contributed by atoms with van der Waals surface area (Å²) in [6, 6.07) is 8.16. The van der Waals surface area contributed by atoms with Gasteiger partial charge in [-0.2, -0.15) is 11.8 Å². The van der Waals surface area contributed by atoms with Crippen LogP contribution in [0.4, 0.5) is 0 Å². The number of phenolic OH excluding ortho intramolecular Hbond substituents is 1. The van der Waals surface area contributed by atoms with E-state index in [9.17, 15) is 44.1 Å². The highest BCUT2D eigenvalue weighted by Gasteiger charge is 2.40. The van der Waals surface area contributed by atoms with E-state index in [1.807, 2.05) is 36.6 Å². The Hall–Kier alpha value is -4.71. The molecule has 7 atom stereocenters. The molecule has 0 aliphatic carbocycles. The second-order valence-electron chi connectivity index (χ2n) is 13.7. The van der Waals surface area contributed by atoms with Gasteiger partial charge in [-0.05, 0) is 93.7 Å². The molecule has 2 aromatic carbocycles. The maximum atomic E-state index is 14.2. The Bertz CT molecular complexity index is 1580. The number of nitrogens with zero attached hydrogens (tertiary/aromatic N) is 1. The van der Waals surface area contributed by atoms with Gasteiger partial charge in [-0.15, -0.1) is 0 Å². The second-order valence-corrected chi connectivity index (χ2v) is 14.7. The van der Waals surface area contributed by atoms with Gasteiger partial charge in [0.1, 0.15) is 29.9 Å². The largest absolute Gasteiger partial charge is 0.508 e. The molecule has 0 spiro atoms. The summed E-state index contributed by atoms with van der Waals surface area (Å²) >= 11 is 1.49. The Morgan fingerprint density at radius 2 is 1.47 bits per heavy atom. The number of aliphatic hydroxyl groups excluding tert-OH is 1. The zero-order valence-electron chi connectivity index (χ0n) is 31.3. The number of benzene rings is 2. The summed E-state index contributed by atoms with van der Waals surface area (Å²) in [5.74, 6) is -4.10. The smallest absolute Gasteiger partial charge is 0.328 e.